The molecule has 88 valence electrons. The van der Waals surface area contributed by atoms with Crippen molar-refractivity contribution in [3.8, 4) is 0 Å². The highest BCUT2D eigenvalue weighted by Gasteiger charge is 2.20. The molecular formula is C11H11F3O2. The Morgan fingerprint density at radius 2 is 1.75 bits per heavy atom. The molecule has 5 heteroatoms. The van der Waals surface area contributed by atoms with Crippen LogP contribution in [0.2, 0.25) is 0 Å². The fourth-order valence-corrected chi connectivity index (χ4v) is 0.928. The van der Waals surface area contributed by atoms with Gasteiger partial charge in [-0.25, -0.2) is 18.0 Å². The molecule has 0 heterocycles. The van der Waals surface area contributed by atoms with Gasteiger partial charge in [0.1, 0.15) is 0 Å². The van der Waals surface area contributed by atoms with Gasteiger partial charge in [0.25, 0.3) is 0 Å². The van der Waals surface area contributed by atoms with Gasteiger partial charge >= 0.3 is 5.97 Å². The number of carbonyl (C=O) groups is 1. The summed E-state index contributed by atoms with van der Waals surface area (Å²) in [4.78, 5) is 10.4. The van der Waals surface area contributed by atoms with E-state index in [0.29, 0.717) is 6.07 Å². The first-order valence-electron chi connectivity index (χ1n) is 4.52. The quantitative estimate of drug-likeness (QED) is 0.792. The van der Waals surface area contributed by atoms with Crippen LogP contribution >= 0.6 is 0 Å². The van der Waals surface area contributed by atoms with Gasteiger partial charge in [-0.15, -0.1) is 0 Å². The zero-order valence-electron chi connectivity index (χ0n) is 8.85. The predicted molar refractivity (Wildman–Crippen MR) is 54.7 cm³/mol. The predicted octanol–water partition coefficient (Wildman–Crippen LogP) is 3.47. The van der Waals surface area contributed by atoms with E-state index in [1.54, 1.807) is 0 Å². The lowest BCUT2D eigenvalue weighted by Crippen LogP contribution is -2.06. The number of benzene rings is 1. The fraction of sp³-hybridized carbons (Fsp3) is 0.182. The largest absolute Gasteiger partial charge is 0.478 e. The van der Waals surface area contributed by atoms with Crippen molar-refractivity contribution >= 4 is 12.0 Å². The molecular weight excluding hydrogens is 221 g/mol. The lowest BCUT2D eigenvalue weighted by Gasteiger charge is -2.03. The topological polar surface area (TPSA) is 37.3 Å². The Labute approximate surface area is 91.0 Å². The smallest absolute Gasteiger partial charge is 0.338 e. The summed E-state index contributed by atoms with van der Waals surface area (Å²) in [5.41, 5.74) is -1.31. The first kappa shape index (κ1) is 14.2. The Morgan fingerprint density at radius 3 is 2.12 bits per heavy atom. The molecule has 2 nitrogen and oxygen atoms in total. The van der Waals surface area contributed by atoms with Gasteiger partial charge in [0, 0.05) is 5.56 Å². The maximum atomic E-state index is 12.8. The molecule has 0 fully saturated rings. The summed E-state index contributed by atoms with van der Waals surface area (Å²) >= 11 is 0. The van der Waals surface area contributed by atoms with Crippen molar-refractivity contribution in [1.82, 2.24) is 0 Å². The Bertz CT molecular complexity index is 414. The van der Waals surface area contributed by atoms with E-state index in [4.69, 9.17) is 5.11 Å². The highest BCUT2D eigenvalue weighted by molar-refractivity contribution is 5.88. The van der Waals surface area contributed by atoms with Crippen molar-refractivity contribution < 1.29 is 23.1 Å². The van der Waals surface area contributed by atoms with Crippen LogP contribution in [0.3, 0.4) is 0 Å². The van der Waals surface area contributed by atoms with Crippen molar-refractivity contribution in [2.24, 2.45) is 0 Å². The number of carboxylic acids is 1. The Hall–Kier alpha value is -1.78. The average Bonchev–Trinajstić information content (AvgIpc) is 2.28. The summed E-state index contributed by atoms with van der Waals surface area (Å²) in [5, 5.41) is 8.44. The van der Waals surface area contributed by atoms with Crippen LogP contribution in [0.5, 0.6) is 0 Å². The van der Waals surface area contributed by atoms with E-state index >= 15 is 0 Å². The summed E-state index contributed by atoms with van der Waals surface area (Å²) < 4.78 is 38.4. The number of aromatic carboxylic acids is 1. The van der Waals surface area contributed by atoms with E-state index in [1.807, 2.05) is 13.8 Å². The third-order valence-corrected chi connectivity index (χ3v) is 1.63. The van der Waals surface area contributed by atoms with Crippen LogP contribution < -0.4 is 0 Å². The first-order chi connectivity index (χ1) is 7.49. The van der Waals surface area contributed by atoms with Gasteiger partial charge in [0.2, 0.25) is 0 Å². The van der Waals surface area contributed by atoms with Crippen LogP contribution in [0.1, 0.15) is 29.8 Å². The van der Waals surface area contributed by atoms with Crippen LogP contribution in [0.15, 0.2) is 12.6 Å². The van der Waals surface area contributed by atoms with Gasteiger partial charge in [-0.1, -0.05) is 26.5 Å². The number of halogens is 3. The van der Waals surface area contributed by atoms with Crippen LogP contribution in [0.25, 0.3) is 6.08 Å². The number of hydrogen-bond acceptors (Lipinski definition) is 1. The third-order valence-electron chi connectivity index (χ3n) is 1.63. The first-order valence-corrected chi connectivity index (χ1v) is 4.52. The summed E-state index contributed by atoms with van der Waals surface area (Å²) in [7, 11) is 0. The van der Waals surface area contributed by atoms with Gasteiger partial charge in [-0.05, 0) is 6.07 Å². The van der Waals surface area contributed by atoms with Crippen molar-refractivity contribution in [3.05, 3.63) is 41.2 Å². The van der Waals surface area contributed by atoms with Gasteiger partial charge in [0.05, 0.1) is 5.56 Å². The molecule has 0 bridgehead atoms. The molecule has 0 unspecified atom stereocenters. The van der Waals surface area contributed by atoms with E-state index in [2.05, 4.69) is 6.58 Å². The molecule has 1 N–H and O–H groups in total. The number of carboxylic acid groups (broad SMARTS) is 1. The Balaban J connectivity index is 0.00000106. The fourth-order valence-electron chi connectivity index (χ4n) is 0.928. The zero-order valence-corrected chi connectivity index (χ0v) is 8.85. The second-order valence-corrected chi connectivity index (χ2v) is 2.46. The maximum Gasteiger partial charge on any atom is 0.338 e. The molecule has 0 radical (unpaired) electrons. The molecule has 0 aliphatic carbocycles. The van der Waals surface area contributed by atoms with Gasteiger partial charge < -0.3 is 5.11 Å². The van der Waals surface area contributed by atoms with E-state index < -0.39 is 29.0 Å². The lowest BCUT2D eigenvalue weighted by molar-refractivity contribution is 0.0690. The molecule has 16 heavy (non-hydrogen) atoms. The molecule has 0 aliphatic heterocycles. The van der Waals surface area contributed by atoms with Crippen molar-refractivity contribution in [2.75, 3.05) is 0 Å². The van der Waals surface area contributed by atoms with Crippen LogP contribution in [-0.4, -0.2) is 11.1 Å². The highest BCUT2D eigenvalue weighted by Crippen LogP contribution is 2.20. The van der Waals surface area contributed by atoms with Crippen LogP contribution in [0.4, 0.5) is 13.2 Å². The van der Waals surface area contributed by atoms with E-state index in [-0.39, 0.29) is 5.56 Å². The summed E-state index contributed by atoms with van der Waals surface area (Å²) in [5.74, 6) is -6.62. The minimum atomic E-state index is -1.81. The summed E-state index contributed by atoms with van der Waals surface area (Å²) in [6, 6.07) is 0.684. The molecule has 1 aromatic rings. The van der Waals surface area contributed by atoms with Crippen LogP contribution in [-0.2, 0) is 0 Å². The SMILES string of the molecule is C=Cc1cc(C(=O)O)c(F)c(F)c1F.CC. The minimum absolute atomic E-state index is 0.388. The Kier molecular flexibility index (Phi) is 5.29. The summed E-state index contributed by atoms with van der Waals surface area (Å²) in [6.07, 6.45) is 0.907. The molecule has 0 aliphatic rings. The molecule has 0 saturated heterocycles. The van der Waals surface area contributed by atoms with Gasteiger partial charge in [-0.2, -0.15) is 0 Å². The molecule has 0 aromatic heterocycles. The molecule has 0 saturated carbocycles. The van der Waals surface area contributed by atoms with Crippen molar-refractivity contribution in [1.29, 1.82) is 0 Å². The van der Waals surface area contributed by atoms with Crippen molar-refractivity contribution in [3.63, 3.8) is 0 Å². The number of hydrogen-bond donors (Lipinski definition) is 1. The van der Waals surface area contributed by atoms with Crippen molar-refractivity contribution in [2.45, 2.75) is 13.8 Å². The lowest BCUT2D eigenvalue weighted by atomic mass is 10.1. The molecule has 1 rings (SSSR count). The average molecular weight is 232 g/mol. The van der Waals surface area contributed by atoms with E-state index in [0.717, 1.165) is 6.08 Å². The standard InChI is InChI=1S/C9H5F3O2.C2H6/c1-2-4-3-5(9(13)14)7(11)8(12)6(4)10;1-2/h2-3H,1H2,(H,13,14);1-2H3. The maximum absolute atomic E-state index is 12.8. The second kappa shape index (κ2) is 5.95. The second-order valence-electron chi connectivity index (χ2n) is 2.46. The van der Waals surface area contributed by atoms with E-state index in [9.17, 15) is 18.0 Å². The molecule has 0 amide bonds. The van der Waals surface area contributed by atoms with Crippen LogP contribution in [0, 0.1) is 17.5 Å². The Morgan fingerprint density at radius 1 is 1.25 bits per heavy atom. The minimum Gasteiger partial charge on any atom is -0.478 e. The normalized spacial score (nSPS) is 9.06. The summed E-state index contributed by atoms with van der Waals surface area (Å²) in [6.45, 7) is 7.14. The number of rotatable bonds is 2. The van der Waals surface area contributed by atoms with E-state index in [1.165, 1.54) is 0 Å². The molecule has 0 spiro atoms. The third kappa shape index (κ3) is 2.62. The highest BCUT2D eigenvalue weighted by atomic mass is 19.2. The van der Waals surface area contributed by atoms with Gasteiger partial charge in [-0.3, -0.25) is 0 Å². The van der Waals surface area contributed by atoms with Gasteiger partial charge in [0.15, 0.2) is 17.5 Å². The molecule has 0 atom stereocenters. The zero-order chi connectivity index (χ0) is 12.9. The molecule has 1 aromatic carbocycles. The monoisotopic (exact) mass is 232 g/mol.